The van der Waals surface area contributed by atoms with Gasteiger partial charge in [0.25, 0.3) is 0 Å². The Morgan fingerprint density at radius 2 is 1.96 bits per heavy atom. The molecule has 0 fully saturated rings. The summed E-state index contributed by atoms with van der Waals surface area (Å²) >= 11 is 19.4. The lowest BCUT2D eigenvalue weighted by molar-refractivity contribution is -0.917. The molecular weight excluding hydrogens is 383 g/mol. The molecule has 1 aromatic carbocycles. The minimum Gasteiger partial charge on any atom is -0.314 e. The summed E-state index contributed by atoms with van der Waals surface area (Å²) in [6.45, 7) is 1.55. The number of aromatic nitrogens is 3. The van der Waals surface area contributed by atoms with Crippen LogP contribution in [0.3, 0.4) is 0 Å². The number of rotatable bonds is 5. The van der Waals surface area contributed by atoms with Crippen molar-refractivity contribution in [1.82, 2.24) is 14.3 Å². The fraction of sp³-hybridized carbons (Fsp3) is 0.250. The van der Waals surface area contributed by atoms with Crippen LogP contribution in [0.1, 0.15) is 4.88 Å². The minimum absolute atomic E-state index is 0.668. The third-order valence-corrected chi connectivity index (χ3v) is 5.73. The molecule has 24 heavy (non-hydrogen) atoms. The monoisotopic (exact) mass is 399 g/mol. The fourth-order valence-corrected chi connectivity index (χ4v) is 4.14. The van der Waals surface area contributed by atoms with Gasteiger partial charge in [0.1, 0.15) is 6.54 Å². The smallest absolute Gasteiger partial charge is 0.202 e. The van der Waals surface area contributed by atoms with Gasteiger partial charge in [-0.25, -0.2) is 0 Å². The third kappa shape index (κ3) is 3.73. The Morgan fingerprint density at radius 3 is 2.62 bits per heavy atom. The Balaban J connectivity index is 1.83. The normalized spacial score (nSPS) is 12.5. The molecule has 0 radical (unpaired) electrons. The van der Waals surface area contributed by atoms with Crippen LogP contribution in [0, 0.1) is 4.77 Å². The van der Waals surface area contributed by atoms with Gasteiger partial charge in [-0.3, -0.25) is 0 Å². The number of benzene rings is 1. The molecule has 1 unspecified atom stereocenters. The molecule has 1 N–H and O–H groups in total. The number of halogens is 2. The van der Waals surface area contributed by atoms with E-state index in [9.17, 15) is 0 Å². The van der Waals surface area contributed by atoms with Crippen molar-refractivity contribution in [2.45, 2.75) is 13.2 Å². The fourth-order valence-electron chi connectivity index (χ4n) is 2.52. The lowest BCUT2D eigenvalue weighted by Gasteiger charge is -2.12. The minimum atomic E-state index is 0.668. The maximum Gasteiger partial charge on any atom is 0.202 e. The van der Waals surface area contributed by atoms with Crippen molar-refractivity contribution in [2.75, 3.05) is 7.05 Å². The van der Waals surface area contributed by atoms with Crippen LogP contribution in [0.2, 0.25) is 9.36 Å². The first-order valence-corrected chi connectivity index (χ1v) is 9.38. The van der Waals surface area contributed by atoms with Gasteiger partial charge in [-0.15, -0.1) is 16.4 Å². The van der Waals surface area contributed by atoms with E-state index in [1.54, 1.807) is 11.3 Å². The van der Waals surface area contributed by atoms with Gasteiger partial charge in [0.05, 0.1) is 21.3 Å². The predicted octanol–water partition coefficient (Wildman–Crippen LogP) is 3.66. The molecule has 0 bridgehead atoms. The Kier molecular flexibility index (Phi) is 5.42. The van der Waals surface area contributed by atoms with Gasteiger partial charge >= 0.3 is 0 Å². The van der Waals surface area contributed by atoms with E-state index in [1.807, 2.05) is 46.6 Å². The summed E-state index contributed by atoms with van der Waals surface area (Å²) < 4.78 is 5.23. The Morgan fingerprint density at radius 1 is 1.21 bits per heavy atom. The van der Waals surface area contributed by atoms with E-state index < -0.39 is 0 Å². The number of quaternary nitrogens is 1. The molecule has 0 aliphatic heterocycles. The van der Waals surface area contributed by atoms with Gasteiger partial charge in [-0.2, -0.15) is 4.68 Å². The van der Waals surface area contributed by atoms with Crippen LogP contribution in [0.25, 0.3) is 11.4 Å². The second-order valence-electron chi connectivity index (χ2n) is 5.64. The lowest BCUT2D eigenvalue weighted by Crippen LogP contribution is -3.06. The highest BCUT2D eigenvalue weighted by molar-refractivity contribution is 7.71. The second-order valence-corrected chi connectivity index (χ2v) is 8.21. The summed E-state index contributed by atoms with van der Waals surface area (Å²) in [7, 11) is 4.03. The van der Waals surface area contributed by atoms with Crippen LogP contribution < -0.4 is 4.90 Å². The van der Waals surface area contributed by atoms with Crippen LogP contribution in [-0.4, -0.2) is 21.4 Å². The Hall–Kier alpha value is -1.18. The number of hydrogen-bond donors (Lipinski definition) is 1. The van der Waals surface area contributed by atoms with E-state index in [0.717, 1.165) is 22.3 Å². The van der Waals surface area contributed by atoms with Gasteiger partial charge in [-0.1, -0.05) is 35.3 Å². The van der Waals surface area contributed by atoms with Crippen LogP contribution in [0.5, 0.6) is 0 Å². The largest absolute Gasteiger partial charge is 0.314 e. The summed E-state index contributed by atoms with van der Waals surface area (Å²) in [6, 6.07) is 11.6. The highest BCUT2D eigenvalue weighted by atomic mass is 35.5. The lowest BCUT2D eigenvalue weighted by atomic mass is 10.2. The van der Waals surface area contributed by atoms with Gasteiger partial charge in [0, 0.05) is 12.6 Å². The zero-order chi connectivity index (χ0) is 17.3. The average molecular weight is 400 g/mol. The number of hydrogen-bond acceptors (Lipinski definition) is 3. The number of nitrogens with zero attached hydrogens (tertiary/aromatic N) is 3. The molecule has 0 aliphatic rings. The molecule has 8 heteroatoms. The molecule has 4 nitrogen and oxygen atoms in total. The van der Waals surface area contributed by atoms with Gasteiger partial charge < -0.3 is 9.47 Å². The van der Waals surface area contributed by atoms with Crippen LogP contribution in [0.4, 0.5) is 0 Å². The van der Waals surface area contributed by atoms with E-state index in [-0.39, 0.29) is 0 Å². The maximum absolute atomic E-state index is 6.29. The highest BCUT2D eigenvalue weighted by Crippen LogP contribution is 2.25. The first kappa shape index (κ1) is 17.6. The first-order chi connectivity index (χ1) is 11.5. The van der Waals surface area contributed by atoms with E-state index in [4.69, 9.17) is 35.4 Å². The van der Waals surface area contributed by atoms with Crippen LogP contribution >= 0.6 is 46.8 Å². The zero-order valence-corrected chi connectivity index (χ0v) is 16.4. The molecule has 0 spiro atoms. The molecule has 126 valence electrons. The van der Waals surface area contributed by atoms with Crippen molar-refractivity contribution in [1.29, 1.82) is 0 Å². The summed E-state index contributed by atoms with van der Waals surface area (Å²) in [5, 5.41) is 5.34. The standard InChI is InChI=1S/C16H16Cl2N4S2/c1-20(9-11-7-8-14(18)24-11)10-22-16(23)21(2)15(19-22)12-5-3-4-6-13(12)17/h3-8H,9-10H2,1-2H3/p+1. The molecule has 0 aliphatic carbocycles. The Bertz CT molecular complexity index is 913. The molecule has 0 saturated carbocycles. The van der Waals surface area contributed by atoms with E-state index in [1.165, 1.54) is 9.78 Å². The first-order valence-electron chi connectivity index (χ1n) is 7.40. The SMILES string of the molecule is Cn1c(-c2ccccc2Cl)nn(C[NH+](C)Cc2ccc(Cl)s2)c1=S. The average Bonchev–Trinajstić information content (AvgIpc) is 3.06. The quantitative estimate of drug-likeness (QED) is 0.662. The number of nitrogens with one attached hydrogen (secondary N) is 1. The molecular formula is C16H17Cl2N4S2+. The highest BCUT2D eigenvalue weighted by Gasteiger charge is 2.15. The molecule has 1 atom stereocenters. The van der Waals surface area contributed by atoms with Crippen molar-refractivity contribution in [3.05, 3.63) is 55.4 Å². The number of thiophene rings is 1. The van der Waals surface area contributed by atoms with Crippen molar-refractivity contribution >= 4 is 46.8 Å². The van der Waals surface area contributed by atoms with E-state index in [2.05, 4.69) is 18.2 Å². The molecule has 3 rings (SSSR count). The maximum atomic E-state index is 6.29. The van der Waals surface area contributed by atoms with E-state index >= 15 is 0 Å². The summed E-state index contributed by atoms with van der Waals surface area (Å²) in [6.07, 6.45) is 0. The molecule has 0 saturated heterocycles. The van der Waals surface area contributed by atoms with Crippen LogP contribution in [-0.2, 0) is 20.3 Å². The van der Waals surface area contributed by atoms with E-state index in [0.29, 0.717) is 16.5 Å². The second kappa shape index (κ2) is 7.37. The molecule has 0 amide bonds. The van der Waals surface area contributed by atoms with Gasteiger partial charge in [0.15, 0.2) is 12.5 Å². The van der Waals surface area contributed by atoms with Gasteiger partial charge in [-0.05, 0) is 36.5 Å². The molecule has 3 aromatic rings. The predicted molar refractivity (Wildman–Crippen MR) is 102 cm³/mol. The van der Waals surface area contributed by atoms with Crippen molar-refractivity contribution in [2.24, 2.45) is 7.05 Å². The van der Waals surface area contributed by atoms with Gasteiger partial charge in [0.2, 0.25) is 4.77 Å². The molecule has 2 aromatic heterocycles. The Labute approximate surface area is 159 Å². The zero-order valence-electron chi connectivity index (χ0n) is 13.3. The molecule has 2 heterocycles. The summed E-state index contributed by atoms with van der Waals surface area (Å²) in [5.41, 5.74) is 0.884. The third-order valence-electron chi connectivity index (χ3n) is 3.68. The van der Waals surface area contributed by atoms with Crippen molar-refractivity contribution in [3.8, 4) is 11.4 Å². The van der Waals surface area contributed by atoms with Crippen LogP contribution in [0.15, 0.2) is 36.4 Å². The van der Waals surface area contributed by atoms with Crippen molar-refractivity contribution in [3.63, 3.8) is 0 Å². The summed E-state index contributed by atoms with van der Waals surface area (Å²) in [4.78, 5) is 2.51. The topological polar surface area (TPSA) is 27.2 Å². The van der Waals surface area contributed by atoms with Crippen molar-refractivity contribution < 1.29 is 4.90 Å². The summed E-state index contributed by atoms with van der Waals surface area (Å²) in [5.74, 6) is 0.776.